The molecule has 0 aliphatic carbocycles. The molecule has 0 fully saturated rings. The first-order valence-corrected chi connectivity index (χ1v) is 12.5. The van der Waals surface area contributed by atoms with Gasteiger partial charge in [0.05, 0.1) is 9.79 Å². The molecule has 0 saturated heterocycles. The number of rotatable bonds is 6. The Morgan fingerprint density at radius 1 is 0.750 bits per heavy atom. The van der Waals surface area contributed by atoms with E-state index in [1.165, 1.54) is 48.5 Å². The number of fused-ring (bicyclic) bond motifs is 1. The number of anilines is 2. The minimum atomic E-state index is -3.92. The molecule has 2 N–H and O–H groups in total. The minimum absolute atomic E-state index is 0.00499. The Hall–Kier alpha value is -3.38. The van der Waals surface area contributed by atoms with E-state index < -0.39 is 20.0 Å². The van der Waals surface area contributed by atoms with E-state index >= 15 is 0 Å². The molecule has 0 spiro atoms. The maximum absolute atomic E-state index is 12.7. The molecule has 1 aromatic heterocycles. The predicted molar refractivity (Wildman–Crippen MR) is 117 cm³/mol. The third kappa shape index (κ3) is 4.75. The molecule has 168 valence electrons. The lowest BCUT2D eigenvalue weighted by Crippen LogP contribution is -2.17. The molecular weight excluding hydrogens is 456 g/mol. The van der Waals surface area contributed by atoms with E-state index in [4.69, 9.17) is 9.47 Å². The van der Waals surface area contributed by atoms with Gasteiger partial charge in [0.25, 0.3) is 20.0 Å². The van der Waals surface area contributed by atoms with Crippen LogP contribution in [0.5, 0.6) is 11.5 Å². The zero-order chi connectivity index (χ0) is 22.9. The topological polar surface area (TPSA) is 137 Å². The molecule has 2 heterocycles. The van der Waals surface area contributed by atoms with Gasteiger partial charge in [-0.25, -0.2) is 26.8 Å². The van der Waals surface area contributed by atoms with E-state index in [9.17, 15) is 16.8 Å². The lowest BCUT2D eigenvalue weighted by Gasteiger charge is -2.19. The fourth-order valence-electron chi connectivity index (χ4n) is 3.07. The van der Waals surface area contributed by atoms with Gasteiger partial charge >= 0.3 is 0 Å². The second-order valence-electron chi connectivity index (χ2n) is 6.98. The smallest absolute Gasteiger partial charge is 0.263 e. The molecule has 3 aromatic rings. The summed E-state index contributed by atoms with van der Waals surface area (Å²) >= 11 is 0. The Bertz CT molecular complexity index is 1350. The van der Waals surface area contributed by atoms with Gasteiger partial charge in [-0.2, -0.15) is 0 Å². The van der Waals surface area contributed by atoms with Gasteiger partial charge in [0.2, 0.25) is 0 Å². The molecule has 32 heavy (non-hydrogen) atoms. The van der Waals surface area contributed by atoms with Crippen LogP contribution in [0.2, 0.25) is 0 Å². The third-order valence-electron chi connectivity index (χ3n) is 4.45. The van der Waals surface area contributed by atoms with Crippen LogP contribution in [-0.2, 0) is 20.0 Å². The molecule has 2 aromatic carbocycles. The molecule has 1 aliphatic heterocycles. The van der Waals surface area contributed by atoms with Crippen LogP contribution in [0.15, 0.2) is 58.3 Å². The minimum Gasteiger partial charge on any atom is -0.486 e. The van der Waals surface area contributed by atoms with E-state index in [-0.39, 0.29) is 21.3 Å². The van der Waals surface area contributed by atoms with Crippen molar-refractivity contribution in [2.24, 2.45) is 0 Å². The van der Waals surface area contributed by atoms with E-state index in [0.717, 1.165) is 0 Å². The van der Waals surface area contributed by atoms with Gasteiger partial charge in [-0.15, -0.1) is 0 Å². The first-order valence-electron chi connectivity index (χ1n) is 9.50. The molecule has 1 aliphatic rings. The van der Waals surface area contributed by atoms with Crippen molar-refractivity contribution in [3.05, 3.63) is 60.0 Å². The van der Waals surface area contributed by atoms with Crippen LogP contribution < -0.4 is 18.9 Å². The zero-order valence-electron chi connectivity index (χ0n) is 17.2. The van der Waals surface area contributed by atoms with Gasteiger partial charge in [-0.05, 0) is 50.2 Å². The van der Waals surface area contributed by atoms with Crippen LogP contribution >= 0.6 is 0 Å². The van der Waals surface area contributed by atoms with Crippen LogP contribution in [0.4, 0.5) is 11.5 Å². The number of benzene rings is 2. The van der Waals surface area contributed by atoms with Gasteiger partial charge in [0.15, 0.2) is 11.5 Å². The maximum Gasteiger partial charge on any atom is 0.263 e. The van der Waals surface area contributed by atoms with Crippen molar-refractivity contribution in [2.45, 2.75) is 23.6 Å². The molecule has 0 bridgehead atoms. The molecule has 0 radical (unpaired) electrons. The summed E-state index contributed by atoms with van der Waals surface area (Å²) in [6.07, 6.45) is 0. The summed E-state index contributed by atoms with van der Waals surface area (Å²) < 4.78 is 66.4. The van der Waals surface area contributed by atoms with Crippen molar-refractivity contribution in [3.8, 4) is 11.5 Å². The summed E-state index contributed by atoms with van der Waals surface area (Å²) in [6.45, 7) is 4.13. The average Bonchev–Trinajstić information content (AvgIpc) is 2.72. The highest BCUT2D eigenvalue weighted by atomic mass is 32.2. The molecular formula is C20H20N4O6S2. The van der Waals surface area contributed by atoms with Crippen molar-refractivity contribution >= 4 is 31.6 Å². The number of nitrogens with zero attached hydrogens (tertiary/aromatic N) is 2. The molecule has 0 atom stereocenters. The summed E-state index contributed by atoms with van der Waals surface area (Å²) in [5.74, 6) is 1.41. The van der Waals surface area contributed by atoms with E-state index in [1.807, 2.05) is 0 Å². The lowest BCUT2D eigenvalue weighted by molar-refractivity contribution is 0.171. The van der Waals surface area contributed by atoms with Gasteiger partial charge in [0, 0.05) is 23.5 Å². The van der Waals surface area contributed by atoms with Crippen LogP contribution in [0, 0.1) is 13.8 Å². The SMILES string of the molecule is Cc1cc(NS(=O)(=O)c2ccc(NS(=O)(=O)c3ccc4c(c3)OCCO4)cc2)nc(C)n1. The average molecular weight is 477 g/mol. The highest BCUT2D eigenvalue weighted by molar-refractivity contribution is 7.93. The Labute approximate surface area is 185 Å². The van der Waals surface area contributed by atoms with Gasteiger partial charge in [0.1, 0.15) is 24.9 Å². The number of aryl methyl sites for hydroxylation is 2. The fraction of sp³-hybridized carbons (Fsp3) is 0.200. The Morgan fingerprint density at radius 3 is 2.06 bits per heavy atom. The van der Waals surface area contributed by atoms with Gasteiger partial charge in [-0.1, -0.05) is 0 Å². The van der Waals surface area contributed by atoms with Crippen LogP contribution in [0.1, 0.15) is 11.5 Å². The Kier molecular flexibility index (Phi) is 5.65. The molecule has 10 nitrogen and oxygen atoms in total. The van der Waals surface area contributed by atoms with Gasteiger partial charge in [-0.3, -0.25) is 9.44 Å². The van der Waals surface area contributed by atoms with Crippen LogP contribution in [-0.4, -0.2) is 40.0 Å². The first kappa shape index (κ1) is 21.8. The number of hydrogen-bond donors (Lipinski definition) is 2. The van der Waals surface area contributed by atoms with E-state index in [2.05, 4.69) is 19.4 Å². The second kappa shape index (κ2) is 8.28. The van der Waals surface area contributed by atoms with Crippen LogP contribution in [0.25, 0.3) is 0 Å². The maximum atomic E-state index is 12.7. The first-order chi connectivity index (χ1) is 15.1. The molecule has 4 rings (SSSR count). The quantitative estimate of drug-likeness (QED) is 0.554. The monoisotopic (exact) mass is 476 g/mol. The molecule has 0 unspecified atom stereocenters. The van der Waals surface area contributed by atoms with Gasteiger partial charge < -0.3 is 9.47 Å². The van der Waals surface area contributed by atoms with Crippen molar-refractivity contribution in [2.75, 3.05) is 22.7 Å². The Morgan fingerprint density at radius 2 is 1.38 bits per heavy atom. The van der Waals surface area contributed by atoms with Crippen LogP contribution in [0.3, 0.4) is 0 Å². The highest BCUT2D eigenvalue weighted by Gasteiger charge is 2.20. The van der Waals surface area contributed by atoms with Crippen molar-refractivity contribution < 1.29 is 26.3 Å². The van der Waals surface area contributed by atoms with Crippen molar-refractivity contribution in [1.82, 2.24) is 9.97 Å². The number of hydrogen-bond acceptors (Lipinski definition) is 8. The highest BCUT2D eigenvalue weighted by Crippen LogP contribution is 2.32. The number of ether oxygens (including phenoxy) is 2. The zero-order valence-corrected chi connectivity index (χ0v) is 18.8. The normalized spacial score (nSPS) is 13.4. The van der Waals surface area contributed by atoms with Crippen molar-refractivity contribution in [1.29, 1.82) is 0 Å². The number of aromatic nitrogens is 2. The number of nitrogens with one attached hydrogen (secondary N) is 2. The summed E-state index contributed by atoms with van der Waals surface area (Å²) in [5.41, 5.74) is 0.826. The molecule has 12 heteroatoms. The summed E-state index contributed by atoms with van der Waals surface area (Å²) in [5, 5.41) is 0. The van der Waals surface area contributed by atoms with E-state index in [1.54, 1.807) is 13.8 Å². The summed E-state index contributed by atoms with van der Waals surface area (Å²) in [7, 11) is -7.84. The fourth-order valence-corrected chi connectivity index (χ4v) is 5.14. The summed E-state index contributed by atoms with van der Waals surface area (Å²) in [4.78, 5) is 8.12. The predicted octanol–water partition coefficient (Wildman–Crippen LogP) is 2.47. The van der Waals surface area contributed by atoms with Crippen molar-refractivity contribution in [3.63, 3.8) is 0 Å². The standard InChI is InChI=1S/C20H20N4O6S2/c1-13-11-20(22-14(2)21-13)24-31(25,26)16-5-3-15(4-6-16)23-32(27,28)17-7-8-18-19(12-17)30-10-9-29-18/h3-8,11-12,23H,9-10H2,1-2H3,(H,21,22,24). The summed E-state index contributed by atoms with van der Waals surface area (Å²) in [6, 6.07) is 11.1. The Balaban J connectivity index is 1.52. The largest absolute Gasteiger partial charge is 0.486 e. The lowest BCUT2D eigenvalue weighted by atomic mass is 10.3. The number of sulfonamides is 2. The second-order valence-corrected chi connectivity index (χ2v) is 10.3. The molecule has 0 saturated carbocycles. The van der Waals surface area contributed by atoms with E-state index in [0.29, 0.717) is 36.2 Å². The molecule has 0 amide bonds. The third-order valence-corrected chi connectivity index (χ3v) is 7.20.